The highest BCUT2D eigenvalue weighted by Crippen LogP contribution is 2.40. The Labute approximate surface area is 254 Å². The molecule has 0 aliphatic carbocycles. The molecular formula is C35H42N4O3Si. The number of rotatable bonds is 8. The van der Waals surface area contributed by atoms with Gasteiger partial charge in [-0.2, -0.15) is 5.10 Å². The Hall–Kier alpha value is -3.72. The molecule has 3 aromatic heterocycles. The minimum atomic E-state index is -2.04. The normalized spacial score (nSPS) is 15.1. The quantitative estimate of drug-likeness (QED) is 0.178. The Morgan fingerprint density at radius 2 is 1.74 bits per heavy atom. The van der Waals surface area contributed by atoms with Gasteiger partial charge in [-0.1, -0.05) is 68.8 Å². The molecule has 7 nitrogen and oxygen atoms in total. The summed E-state index contributed by atoms with van der Waals surface area (Å²) in [5.41, 5.74) is 6.88. The number of nitrogens with zero attached hydrogens (tertiary/aromatic N) is 4. The summed E-state index contributed by atoms with van der Waals surface area (Å²) in [5, 5.41) is 5.70. The molecule has 1 atom stereocenters. The smallest absolute Gasteiger partial charge is 0.275 e. The topological polar surface area (TPSA) is 63.2 Å². The summed E-state index contributed by atoms with van der Waals surface area (Å²) in [6, 6.07) is 21.3. The minimum Gasteiger partial charge on any atom is -0.416 e. The zero-order valence-corrected chi connectivity index (χ0v) is 27.3. The third-order valence-corrected chi connectivity index (χ3v) is 13.8. The van der Waals surface area contributed by atoms with Crippen LogP contribution in [-0.4, -0.2) is 47.1 Å². The van der Waals surface area contributed by atoms with Gasteiger partial charge in [0.25, 0.3) is 5.56 Å². The molecule has 1 saturated heterocycles. The van der Waals surface area contributed by atoms with E-state index >= 15 is 0 Å². The van der Waals surface area contributed by atoms with Crippen molar-refractivity contribution in [1.82, 2.24) is 18.9 Å². The molecule has 0 radical (unpaired) electrons. The highest BCUT2D eigenvalue weighted by atomic mass is 28.4. The van der Waals surface area contributed by atoms with E-state index in [2.05, 4.69) is 111 Å². The number of aromatic nitrogens is 4. The van der Waals surface area contributed by atoms with E-state index in [0.717, 1.165) is 27.9 Å². The third-order valence-electron chi connectivity index (χ3n) is 9.35. The van der Waals surface area contributed by atoms with Gasteiger partial charge in [0.2, 0.25) is 0 Å². The number of fused-ring (bicyclic) bond motifs is 1. The maximum Gasteiger partial charge on any atom is 0.275 e. The van der Waals surface area contributed by atoms with Crippen molar-refractivity contribution in [2.75, 3.05) is 19.8 Å². The maximum atomic E-state index is 14.0. The van der Waals surface area contributed by atoms with E-state index in [1.54, 1.807) is 4.57 Å². The van der Waals surface area contributed by atoms with Crippen LogP contribution < -0.4 is 5.56 Å². The zero-order valence-electron chi connectivity index (χ0n) is 26.3. The molecule has 6 rings (SSSR count). The number of hydrogen-bond acceptors (Lipinski definition) is 4. The number of benzene rings is 2. The Kier molecular flexibility index (Phi) is 7.57. The lowest BCUT2D eigenvalue weighted by Gasteiger charge is -2.37. The van der Waals surface area contributed by atoms with Crippen molar-refractivity contribution in [1.29, 1.82) is 0 Å². The van der Waals surface area contributed by atoms with Crippen LogP contribution in [0.5, 0.6) is 0 Å². The fraction of sp³-hybridized carbons (Fsp3) is 0.371. The van der Waals surface area contributed by atoms with Crippen LogP contribution in [0.15, 0.2) is 84.0 Å². The van der Waals surface area contributed by atoms with E-state index in [1.165, 1.54) is 11.1 Å². The molecule has 1 fully saturated rings. The Bertz CT molecular complexity index is 1810. The summed E-state index contributed by atoms with van der Waals surface area (Å²) in [5.74, 6) is -0.0545. The van der Waals surface area contributed by atoms with Crippen molar-refractivity contribution in [2.45, 2.75) is 57.8 Å². The largest absolute Gasteiger partial charge is 0.416 e. The van der Waals surface area contributed by atoms with Crippen LogP contribution in [-0.2, 0) is 16.2 Å². The highest BCUT2D eigenvalue weighted by Gasteiger charge is 2.38. The average Bonchev–Trinajstić information content (AvgIpc) is 3.56. The molecule has 1 aliphatic heterocycles. The van der Waals surface area contributed by atoms with E-state index < -0.39 is 8.32 Å². The van der Waals surface area contributed by atoms with Crippen LogP contribution in [0.4, 0.5) is 0 Å². The van der Waals surface area contributed by atoms with Crippen molar-refractivity contribution >= 4 is 19.2 Å². The van der Waals surface area contributed by atoms with Crippen LogP contribution >= 0.6 is 0 Å². The first-order valence-corrected chi connectivity index (χ1v) is 18.0. The number of ether oxygens (including phenoxy) is 1. The predicted molar refractivity (Wildman–Crippen MR) is 176 cm³/mol. The third kappa shape index (κ3) is 5.43. The first-order chi connectivity index (χ1) is 20.4. The van der Waals surface area contributed by atoms with E-state index in [1.807, 2.05) is 30.2 Å². The van der Waals surface area contributed by atoms with E-state index in [4.69, 9.17) is 9.16 Å². The summed E-state index contributed by atoms with van der Waals surface area (Å²) in [6.45, 7) is 15.3. The molecule has 43 heavy (non-hydrogen) atoms. The molecule has 1 aliphatic rings. The number of hydrogen-bond donors (Lipinski definition) is 0. The summed E-state index contributed by atoms with van der Waals surface area (Å²) in [7, 11) is -0.193. The van der Waals surface area contributed by atoms with Crippen LogP contribution in [0.25, 0.3) is 27.8 Å². The summed E-state index contributed by atoms with van der Waals surface area (Å²) < 4.78 is 18.1. The molecule has 2 aromatic carbocycles. The van der Waals surface area contributed by atoms with E-state index in [-0.39, 0.29) is 22.6 Å². The van der Waals surface area contributed by atoms with Gasteiger partial charge in [0, 0.05) is 48.6 Å². The maximum absolute atomic E-state index is 14.0. The summed E-state index contributed by atoms with van der Waals surface area (Å²) in [6.07, 6.45) is 5.98. The summed E-state index contributed by atoms with van der Waals surface area (Å²) in [4.78, 5) is 14.0. The van der Waals surface area contributed by atoms with Gasteiger partial charge in [0.1, 0.15) is 5.52 Å². The molecular weight excluding hydrogens is 552 g/mol. The van der Waals surface area contributed by atoms with Crippen LogP contribution in [0.2, 0.25) is 18.1 Å². The second-order valence-corrected chi connectivity index (χ2v) is 18.2. The van der Waals surface area contributed by atoms with Gasteiger partial charge in [-0.25, -0.2) is 0 Å². The lowest BCUT2D eigenvalue weighted by Crippen LogP contribution is -2.41. The monoisotopic (exact) mass is 594 g/mol. The fourth-order valence-electron chi connectivity index (χ4n) is 5.50. The van der Waals surface area contributed by atoms with Gasteiger partial charge < -0.3 is 18.3 Å². The zero-order chi connectivity index (χ0) is 30.5. The Morgan fingerprint density at radius 3 is 2.37 bits per heavy atom. The van der Waals surface area contributed by atoms with Crippen molar-refractivity contribution in [2.24, 2.45) is 7.05 Å². The van der Waals surface area contributed by atoms with Crippen molar-refractivity contribution in [3.63, 3.8) is 0 Å². The number of aryl methyl sites for hydroxylation is 2. The molecule has 0 amide bonds. The Balaban J connectivity index is 1.59. The SMILES string of the molecule is Cc1ccc(-n2c(-c3cnn(C4COC4)c3)cc3c(C(CO[Si](C)(C)C(C)(C)C)c4ccccc4)cn(C)c(=O)c32)cc1. The molecule has 4 heterocycles. The van der Waals surface area contributed by atoms with Gasteiger partial charge in [0.15, 0.2) is 8.32 Å². The van der Waals surface area contributed by atoms with Crippen molar-refractivity contribution in [3.8, 4) is 16.9 Å². The molecule has 0 spiro atoms. The van der Waals surface area contributed by atoms with E-state index in [9.17, 15) is 4.79 Å². The molecule has 224 valence electrons. The van der Waals surface area contributed by atoms with Crippen molar-refractivity contribution in [3.05, 3.63) is 106 Å². The molecule has 5 aromatic rings. The molecule has 0 bridgehead atoms. The van der Waals surface area contributed by atoms with Crippen LogP contribution in [0.3, 0.4) is 0 Å². The molecule has 0 N–H and O–H groups in total. The summed E-state index contributed by atoms with van der Waals surface area (Å²) >= 11 is 0. The van der Waals surface area contributed by atoms with Gasteiger partial charge in [-0.05, 0) is 54.4 Å². The lowest BCUT2D eigenvalue weighted by atomic mass is 9.91. The standard InChI is InChI=1S/C35H42N4O3Si/c1-24-13-15-27(16-14-24)39-32(26-18-36-38(19-26)28-21-41-22-28)17-29-30(20-37(5)34(40)33(29)39)31(25-11-9-8-10-12-25)23-42-43(6,7)35(2,3)4/h8-20,28,31H,21-23H2,1-7H3. The lowest BCUT2D eigenvalue weighted by molar-refractivity contribution is -0.0286. The van der Waals surface area contributed by atoms with Gasteiger partial charge in [-0.15, -0.1) is 0 Å². The minimum absolute atomic E-state index is 0.0394. The molecule has 8 heteroatoms. The Morgan fingerprint density at radius 1 is 1.05 bits per heavy atom. The fourth-order valence-corrected chi connectivity index (χ4v) is 6.52. The van der Waals surface area contributed by atoms with Crippen LogP contribution in [0, 0.1) is 6.92 Å². The van der Waals surface area contributed by atoms with Gasteiger partial charge >= 0.3 is 0 Å². The van der Waals surface area contributed by atoms with E-state index in [0.29, 0.717) is 25.3 Å². The molecule has 1 unspecified atom stereocenters. The predicted octanol–water partition coefficient (Wildman–Crippen LogP) is 7.23. The second-order valence-electron chi connectivity index (χ2n) is 13.4. The van der Waals surface area contributed by atoms with Crippen molar-refractivity contribution < 1.29 is 9.16 Å². The van der Waals surface area contributed by atoms with Gasteiger partial charge in [-0.3, -0.25) is 9.48 Å². The first kappa shape index (κ1) is 29.4. The van der Waals surface area contributed by atoms with Gasteiger partial charge in [0.05, 0.1) is 31.1 Å². The second kappa shape index (κ2) is 11.1. The number of pyridine rings is 1. The first-order valence-electron chi connectivity index (χ1n) is 15.1. The molecule has 0 saturated carbocycles. The highest BCUT2D eigenvalue weighted by molar-refractivity contribution is 6.74. The van der Waals surface area contributed by atoms with Crippen LogP contribution in [0.1, 0.15) is 49.4 Å². The average molecular weight is 595 g/mol.